The van der Waals surface area contributed by atoms with Gasteiger partial charge >= 0.3 is 6.36 Å². The summed E-state index contributed by atoms with van der Waals surface area (Å²) in [7, 11) is 1.75. The number of nitrogens with two attached hydrogens (primary N) is 1. The fourth-order valence-corrected chi connectivity index (χ4v) is 9.76. The normalized spacial score (nSPS) is 18.0. The first-order valence-corrected chi connectivity index (χ1v) is 26.8. The minimum Gasteiger partial charge on any atom is -0.471 e. The fraction of sp³-hybridized carbons (Fsp3) is 0.473. The number of nitrogens with one attached hydrogen (secondary N) is 3. The number of thiazole rings is 1. The predicted molar refractivity (Wildman–Crippen MR) is 290 cm³/mol. The average Bonchev–Trinajstić information content (AvgIpc) is 4.09. The fourth-order valence-electron chi connectivity index (χ4n) is 8.94. The molecule has 0 saturated carbocycles. The molecule has 4 aromatic rings. The molecule has 2 aliphatic rings. The van der Waals surface area contributed by atoms with Gasteiger partial charge in [-0.2, -0.15) is 0 Å². The number of alkyl halides is 4. The van der Waals surface area contributed by atoms with Crippen LogP contribution in [-0.4, -0.2) is 162 Å². The van der Waals surface area contributed by atoms with Gasteiger partial charge in [0.1, 0.15) is 29.5 Å². The molecule has 0 bridgehead atoms. The molecule has 6 amide bonds. The second kappa shape index (κ2) is 28.1. The Balaban J connectivity index is 0.879. The lowest BCUT2D eigenvalue weighted by atomic mass is 9.85. The van der Waals surface area contributed by atoms with Crippen LogP contribution in [0, 0.1) is 12.3 Å². The molecule has 20 nitrogen and oxygen atoms in total. The van der Waals surface area contributed by atoms with Gasteiger partial charge in [0.2, 0.25) is 35.4 Å². The molecule has 2 aromatic heterocycles. The number of hydrogen-bond acceptors (Lipinski definition) is 15. The number of carbonyl (C=O) groups is 6. The molecular weight excluding hydrogens is 1070 g/mol. The number of aliphatic imine (C=N–C) groups is 1. The zero-order valence-corrected chi connectivity index (χ0v) is 46.0. The van der Waals surface area contributed by atoms with Crippen molar-refractivity contribution < 1.29 is 65.6 Å². The summed E-state index contributed by atoms with van der Waals surface area (Å²) in [6, 6.07) is 12.0. The molecule has 80 heavy (non-hydrogen) atoms. The first kappa shape index (κ1) is 61.7. The Labute approximate surface area is 465 Å². The maximum Gasteiger partial charge on any atom is 0.573 e. The average molecular weight is 1140 g/mol. The zero-order valence-electron chi connectivity index (χ0n) is 45.2. The van der Waals surface area contributed by atoms with Gasteiger partial charge in [0.15, 0.2) is 6.17 Å². The number of hydrogen-bond donors (Lipinski definition) is 5. The summed E-state index contributed by atoms with van der Waals surface area (Å²) in [5.41, 5.74) is 10.4. The summed E-state index contributed by atoms with van der Waals surface area (Å²) in [5, 5.41) is 19.1. The van der Waals surface area contributed by atoms with E-state index in [2.05, 4.69) is 42.4 Å². The van der Waals surface area contributed by atoms with Crippen LogP contribution < -0.4 is 31.2 Å². The number of aryl methyl sites for hydroxylation is 1. The number of carbonyl (C=O) groups excluding carboxylic acids is 6. The molecule has 432 valence electrons. The number of aliphatic hydroxyl groups excluding tert-OH is 1. The lowest BCUT2D eigenvalue weighted by Crippen LogP contribution is -2.57. The number of aromatic nitrogens is 2. The largest absolute Gasteiger partial charge is 0.573 e. The molecule has 4 heterocycles. The molecular formula is C55H68F4N10O10S. The maximum absolute atomic E-state index is 15.4. The molecule has 2 saturated heterocycles. The van der Waals surface area contributed by atoms with Crippen LogP contribution in [-0.2, 0) is 41.7 Å². The van der Waals surface area contributed by atoms with E-state index in [9.17, 15) is 47.0 Å². The van der Waals surface area contributed by atoms with Crippen molar-refractivity contribution in [3.8, 4) is 22.1 Å². The molecule has 2 fully saturated rings. The van der Waals surface area contributed by atoms with Crippen LogP contribution in [0.1, 0.15) is 85.6 Å². The molecule has 0 unspecified atom stereocenters. The Bertz CT molecular complexity index is 2850. The Kier molecular flexibility index (Phi) is 21.7. The SMILES string of the molecule is C=N/C(=C\N(C)CCCC(=O)NCCOCCC(=O)N[C@H](C(=O)N1C[C@H](O)C[C@H]1C(=O)NCc1ccc(-c2scnc2C)cc1)C(C)(C)C)c1cnc(O[C@@H]2CCN(C(=O)Cc3ccc(OC(F)(F)F)cc3)C[C@H]2F)c(C(N)=O)c1. The molecule has 0 radical (unpaired) electrons. The lowest BCUT2D eigenvalue weighted by Gasteiger charge is -2.35. The van der Waals surface area contributed by atoms with Gasteiger partial charge in [-0.3, -0.25) is 33.8 Å². The highest BCUT2D eigenvalue weighted by Gasteiger charge is 2.44. The number of ether oxygens (including phenoxy) is 3. The monoisotopic (exact) mass is 1140 g/mol. The molecule has 2 aliphatic heterocycles. The van der Waals surface area contributed by atoms with Gasteiger partial charge in [-0.25, -0.2) is 14.4 Å². The van der Waals surface area contributed by atoms with E-state index in [0.29, 0.717) is 29.8 Å². The smallest absolute Gasteiger partial charge is 0.471 e. The van der Waals surface area contributed by atoms with Gasteiger partial charge in [0.05, 0.1) is 54.1 Å². The van der Waals surface area contributed by atoms with Crippen molar-refractivity contribution in [3.63, 3.8) is 0 Å². The van der Waals surface area contributed by atoms with Gasteiger partial charge in [-0.15, -0.1) is 24.5 Å². The molecule has 2 aromatic carbocycles. The summed E-state index contributed by atoms with van der Waals surface area (Å²) in [5.74, 6) is -3.58. The minimum atomic E-state index is -4.86. The Morgan fingerprint density at radius 2 is 1.70 bits per heavy atom. The standard InChI is InChI=1S/C55H68F4N10O10S/c1-33-48(80-32-65-33)36-13-9-35(10-14-36)27-63-51(75)43-26-38(70)29-69(43)53(76)49(54(2,3)4)66-46(72)18-22-77-23-19-62-45(71)8-7-20-67(6)31-42(61-5)37-25-40(50(60)74)52(64-28-37)78-44-17-21-68(30-41(44)56)47(73)24-34-11-15-39(16-12-34)79-55(57,58)59/h9-16,25,28,31-32,38,41,43-44,49,70H,5,7-8,17-24,26-27,29-30H2,1-4,6H3,(H2,60,74)(H,62,71)(H,63,75)(H,66,72)/b42-31-/t38-,41-,43+,44-,49-/m1/s1. The van der Waals surface area contributed by atoms with Crippen LogP contribution in [0.5, 0.6) is 11.6 Å². The lowest BCUT2D eigenvalue weighted by molar-refractivity contribution is -0.274. The van der Waals surface area contributed by atoms with Crippen molar-refractivity contribution in [1.82, 2.24) is 40.6 Å². The number of nitrogens with zero attached hydrogens (tertiary/aromatic N) is 6. The van der Waals surface area contributed by atoms with Gasteiger partial charge in [0.25, 0.3) is 5.91 Å². The van der Waals surface area contributed by atoms with Crippen molar-refractivity contribution in [2.75, 3.05) is 53.0 Å². The molecule has 6 N–H and O–H groups in total. The number of benzene rings is 2. The van der Waals surface area contributed by atoms with E-state index in [0.717, 1.165) is 33.8 Å². The van der Waals surface area contributed by atoms with E-state index in [-0.39, 0.29) is 95.4 Å². The quantitative estimate of drug-likeness (QED) is 0.0329. The van der Waals surface area contributed by atoms with E-state index >= 15 is 4.39 Å². The summed E-state index contributed by atoms with van der Waals surface area (Å²) in [6.07, 6.45) is -5.11. The second-order valence-electron chi connectivity index (χ2n) is 20.5. The molecule has 0 aliphatic carbocycles. The van der Waals surface area contributed by atoms with Crippen LogP contribution in [0.2, 0.25) is 0 Å². The molecule has 6 rings (SSSR count). The third-order valence-electron chi connectivity index (χ3n) is 13.2. The summed E-state index contributed by atoms with van der Waals surface area (Å²) < 4.78 is 68.2. The van der Waals surface area contributed by atoms with Crippen molar-refractivity contribution >= 4 is 59.2 Å². The number of piperidine rings is 1. The summed E-state index contributed by atoms with van der Waals surface area (Å²) in [6.45, 7) is 11.6. The van der Waals surface area contributed by atoms with E-state index < -0.39 is 77.5 Å². The summed E-state index contributed by atoms with van der Waals surface area (Å²) in [4.78, 5) is 96.7. The highest BCUT2D eigenvalue weighted by molar-refractivity contribution is 7.13. The van der Waals surface area contributed by atoms with Gasteiger partial charge in [-0.1, -0.05) is 57.2 Å². The first-order valence-electron chi connectivity index (χ1n) is 25.9. The van der Waals surface area contributed by atoms with Crippen LogP contribution in [0.25, 0.3) is 16.1 Å². The Morgan fingerprint density at radius 3 is 2.34 bits per heavy atom. The van der Waals surface area contributed by atoms with Crippen molar-refractivity contribution in [3.05, 3.63) is 100 Å². The van der Waals surface area contributed by atoms with E-state index in [1.165, 1.54) is 34.2 Å². The predicted octanol–water partition coefficient (Wildman–Crippen LogP) is 5.11. The second-order valence-corrected chi connectivity index (χ2v) is 21.4. The van der Waals surface area contributed by atoms with E-state index in [1.54, 1.807) is 55.8 Å². The van der Waals surface area contributed by atoms with Gasteiger partial charge in [-0.05, 0) is 60.4 Å². The van der Waals surface area contributed by atoms with E-state index in [4.69, 9.17) is 15.2 Å². The molecule has 25 heteroatoms. The van der Waals surface area contributed by atoms with Crippen LogP contribution in [0.15, 0.2) is 77.5 Å². The number of rotatable bonds is 25. The third-order valence-corrected chi connectivity index (χ3v) is 14.2. The molecule has 0 spiro atoms. The third kappa shape index (κ3) is 18.0. The van der Waals surface area contributed by atoms with Crippen molar-refractivity contribution in [2.45, 2.75) is 110 Å². The first-order chi connectivity index (χ1) is 37.9. The van der Waals surface area contributed by atoms with Gasteiger partial charge in [0, 0.05) is 83.4 Å². The van der Waals surface area contributed by atoms with Crippen LogP contribution >= 0.6 is 11.3 Å². The number of aliphatic hydroxyl groups is 1. The van der Waals surface area contributed by atoms with Crippen molar-refractivity contribution in [1.29, 1.82) is 0 Å². The minimum absolute atomic E-state index is 0.00885. The van der Waals surface area contributed by atoms with E-state index in [1.807, 2.05) is 31.2 Å². The number of amides is 6. The van der Waals surface area contributed by atoms with Crippen LogP contribution in [0.4, 0.5) is 17.6 Å². The van der Waals surface area contributed by atoms with Crippen molar-refractivity contribution in [2.24, 2.45) is 16.1 Å². The van der Waals surface area contributed by atoms with Gasteiger partial charge < -0.3 is 55.7 Å². The number of pyridine rings is 1. The number of halogens is 4. The maximum atomic E-state index is 15.4. The molecule has 5 atom stereocenters. The number of β-amino-alcohol motifs (C(OH)–C–C–N with tert-alkyl or cyclic N) is 1. The summed E-state index contributed by atoms with van der Waals surface area (Å²) >= 11 is 1.55. The zero-order chi connectivity index (χ0) is 58.3. The Morgan fingerprint density at radius 1 is 0.988 bits per heavy atom. The highest BCUT2D eigenvalue weighted by atomic mass is 32.1. The van der Waals surface area contributed by atoms with Crippen LogP contribution in [0.3, 0.4) is 0 Å². The Hall–Kier alpha value is -7.51. The highest BCUT2D eigenvalue weighted by Crippen LogP contribution is 2.30. The number of likely N-dealkylation sites (tertiary alicyclic amines) is 2. The number of primary amides is 1. The topological polar surface area (TPSA) is 260 Å².